The van der Waals surface area contributed by atoms with E-state index in [0.29, 0.717) is 0 Å². The maximum absolute atomic E-state index is 12.0. The third-order valence-electron chi connectivity index (χ3n) is 2.49. The number of alkyl halides is 2. The van der Waals surface area contributed by atoms with E-state index in [2.05, 4.69) is 5.32 Å². The van der Waals surface area contributed by atoms with Crippen LogP contribution in [0.25, 0.3) is 0 Å². The molecule has 19 heavy (non-hydrogen) atoms. The van der Waals surface area contributed by atoms with Crippen LogP contribution >= 0.6 is 0 Å². The van der Waals surface area contributed by atoms with E-state index in [4.69, 9.17) is 9.84 Å². The van der Waals surface area contributed by atoms with Gasteiger partial charge in [0.2, 0.25) is 6.43 Å². The number of nitrogens with one attached hydrogen (secondary N) is 1. The first kappa shape index (κ1) is 15.4. The molecule has 0 aliphatic rings. The van der Waals surface area contributed by atoms with Crippen LogP contribution in [-0.4, -0.2) is 30.3 Å². The maximum atomic E-state index is 12.0. The predicted molar refractivity (Wildman–Crippen MR) is 65.9 cm³/mol. The van der Waals surface area contributed by atoms with Gasteiger partial charge in [-0.05, 0) is 12.0 Å². The summed E-state index contributed by atoms with van der Waals surface area (Å²) in [6, 6.07) is 8.36. The Kier molecular flexibility index (Phi) is 6.81. The number of aliphatic hydroxyl groups is 1. The van der Waals surface area contributed by atoms with Crippen LogP contribution in [0.5, 0.6) is 0 Å². The highest BCUT2D eigenvalue weighted by Gasteiger charge is 2.14. The van der Waals surface area contributed by atoms with E-state index in [0.717, 1.165) is 5.56 Å². The van der Waals surface area contributed by atoms with Crippen LogP contribution in [-0.2, 0) is 11.3 Å². The third kappa shape index (κ3) is 6.71. The fourth-order valence-electron chi connectivity index (χ4n) is 1.47. The summed E-state index contributed by atoms with van der Waals surface area (Å²) in [7, 11) is 0. The van der Waals surface area contributed by atoms with Crippen molar-refractivity contribution in [3.63, 3.8) is 0 Å². The minimum Gasteiger partial charge on any atom is -0.445 e. The number of hydrogen-bond donors (Lipinski definition) is 2. The van der Waals surface area contributed by atoms with Crippen molar-refractivity contribution in [1.29, 1.82) is 0 Å². The Hall–Kier alpha value is -1.69. The fraction of sp³-hybridized carbons (Fsp3) is 0.462. The van der Waals surface area contributed by atoms with E-state index in [-0.39, 0.29) is 19.4 Å². The molecule has 0 bridgehead atoms. The van der Waals surface area contributed by atoms with Gasteiger partial charge in [0, 0.05) is 6.42 Å². The SMILES string of the molecule is O=C(N[C@H](CO)CCC(F)F)OCc1ccccc1. The molecule has 0 unspecified atom stereocenters. The van der Waals surface area contributed by atoms with Crippen LogP contribution in [0.15, 0.2) is 30.3 Å². The molecule has 1 amide bonds. The summed E-state index contributed by atoms with van der Waals surface area (Å²) in [5.41, 5.74) is 0.825. The van der Waals surface area contributed by atoms with Gasteiger partial charge in [-0.1, -0.05) is 30.3 Å². The quantitative estimate of drug-likeness (QED) is 0.801. The van der Waals surface area contributed by atoms with E-state index >= 15 is 0 Å². The molecule has 0 fully saturated rings. The molecule has 0 spiro atoms. The van der Waals surface area contributed by atoms with Crippen molar-refractivity contribution < 1.29 is 23.4 Å². The average Bonchev–Trinajstić information content (AvgIpc) is 2.42. The van der Waals surface area contributed by atoms with Crippen molar-refractivity contribution in [1.82, 2.24) is 5.32 Å². The number of aliphatic hydroxyl groups excluding tert-OH is 1. The zero-order chi connectivity index (χ0) is 14.1. The summed E-state index contributed by atoms with van der Waals surface area (Å²) in [5, 5.41) is 11.3. The van der Waals surface area contributed by atoms with E-state index in [1.165, 1.54) is 0 Å². The van der Waals surface area contributed by atoms with Gasteiger partial charge in [-0.3, -0.25) is 0 Å². The highest BCUT2D eigenvalue weighted by molar-refractivity contribution is 5.67. The molecule has 6 heteroatoms. The molecule has 0 saturated carbocycles. The zero-order valence-electron chi connectivity index (χ0n) is 10.4. The third-order valence-corrected chi connectivity index (χ3v) is 2.49. The molecule has 1 rings (SSSR count). The molecule has 106 valence electrons. The van der Waals surface area contributed by atoms with Crippen molar-refractivity contribution in [3.8, 4) is 0 Å². The highest BCUT2D eigenvalue weighted by atomic mass is 19.3. The number of hydrogen-bond acceptors (Lipinski definition) is 3. The number of benzene rings is 1. The van der Waals surface area contributed by atoms with Gasteiger partial charge >= 0.3 is 6.09 Å². The van der Waals surface area contributed by atoms with Crippen molar-refractivity contribution >= 4 is 6.09 Å². The molecule has 0 radical (unpaired) electrons. The molecule has 2 N–H and O–H groups in total. The van der Waals surface area contributed by atoms with Gasteiger partial charge in [-0.2, -0.15) is 0 Å². The van der Waals surface area contributed by atoms with Crippen LogP contribution in [0.3, 0.4) is 0 Å². The number of ether oxygens (including phenoxy) is 1. The number of alkyl carbamates (subject to hydrolysis) is 1. The van der Waals surface area contributed by atoms with Crippen LogP contribution in [0.1, 0.15) is 18.4 Å². The van der Waals surface area contributed by atoms with Crippen molar-refractivity contribution in [2.45, 2.75) is 31.9 Å². The molecule has 0 saturated heterocycles. The molecule has 0 aliphatic carbocycles. The Morgan fingerprint density at radius 3 is 2.53 bits per heavy atom. The first-order valence-corrected chi connectivity index (χ1v) is 5.98. The van der Waals surface area contributed by atoms with E-state index < -0.39 is 25.2 Å². The first-order chi connectivity index (χ1) is 9.11. The van der Waals surface area contributed by atoms with Crippen molar-refractivity contribution in [2.75, 3.05) is 6.61 Å². The van der Waals surface area contributed by atoms with E-state index in [9.17, 15) is 13.6 Å². The summed E-state index contributed by atoms with van der Waals surface area (Å²) in [5.74, 6) is 0. The van der Waals surface area contributed by atoms with Gasteiger partial charge in [0.25, 0.3) is 0 Å². The normalized spacial score (nSPS) is 12.2. The first-order valence-electron chi connectivity index (χ1n) is 5.98. The standard InChI is InChI=1S/C13H17F2NO3/c14-12(15)7-6-11(8-17)16-13(18)19-9-10-4-2-1-3-5-10/h1-5,11-12,17H,6-9H2,(H,16,18)/t11-/m0/s1. The Morgan fingerprint density at radius 1 is 1.26 bits per heavy atom. The lowest BCUT2D eigenvalue weighted by Gasteiger charge is -2.15. The summed E-state index contributed by atoms with van der Waals surface area (Å²) in [6.45, 7) is -0.299. The van der Waals surface area contributed by atoms with Crippen molar-refractivity contribution in [2.24, 2.45) is 0 Å². The molecule has 1 aromatic carbocycles. The van der Waals surface area contributed by atoms with Gasteiger partial charge in [0.1, 0.15) is 6.61 Å². The molecule has 0 aromatic heterocycles. The predicted octanol–water partition coefficient (Wildman–Crippen LogP) is 2.32. The maximum Gasteiger partial charge on any atom is 0.407 e. The number of carbonyl (C=O) groups is 1. The Bertz CT molecular complexity index is 373. The lowest BCUT2D eigenvalue weighted by molar-refractivity contribution is 0.110. The van der Waals surface area contributed by atoms with E-state index in [1.54, 1.807) is 12.1 Å². The highest BCUT2D eigenvalue weighted by Crippen LogP contribution is 2.06. The lowest BCUT2D eigenvalue weighted by Crippen LogP contribution is -2.38. The largest absolute Gasteiger partial charge is 0.445 e. The lowest BCUT2D eigenvalue weighted by atomic mass is 10.2. The minimum absolute atomic E-state index is 0.00854. The van der Waals surface area contributed by atoms with Crippen LogP contribution in [0.4, 0.5) is 13.6 Å². The number of rotatable bonds is 7. The zero-order valence-corrected chi connectivity index (χ0v) is 10.4. The molecule has 1 aromatic rings. The van der Waals surface area contributed by atoms with Crippen LogP contribution in [0.2, 0.25) is 0 Å². The second kappa shape index (κ2) is 8.42. The van der Waals surface area contributed by atoms with Crippen LogP contribution in [0, 0.1) is 0 Å². The van der Waals surface area contributed by atoms with E-state index in [1.807, 2.05) is 18.2 Å². The van der Waals surface area contributed by atoms with Gasteiger partial charge in [0.05, 0.1) is 12.6 Å². The number of carbonyl (C=O) groups excluding carboxylic acids is 1. The molecular formula is C13H17F2NO3. The second-order valence-electron chi connectivity index (χ2n) is 4.05. The minimum atomic E-state index is -2.45. The topological polar surface area (TPSA) is 58.6 Å². The molecular weight excluding hydrogens is 256 g/mol. The van der Waals surface area contributed by atoms with Gasteiger partial charge in [-0.15, -0.1) is 0 Å². The summed E-state index contributed by atoms with van der Waals surface area (Å²) >= 11 is 0. The monoisotopic (exact) mass is 273 g/mol. The van der Waals surface area contributed by atoms with Gasteiger partial charge in [0.15, 0.2) is 0 Å². The van der Waals surface area contributed by atoms with Crippen LogP contribution < -0.4 is 5.32 Å². The average molecular weight is 273 g/mol. The Morgan fingerprint density at radius 2 is 1.95 bits per heavy atom. The molecule has 4 nitrogen and oxygen atoms in total. The molecule has 0 heterocycles. The van der Waals surface area contributed by atoms with Gasteiger partial charge < -0.3 is 15.2 Å². The fourth-order valence-corrected chi connectivity index (χ4v) is 1.47. The Balaban J connectivity index is 2.29. The Labute approximate surface area is 110 Å². The smallest absolute Gasteiger partial charge is 0.407 e. The summed E-state index contributed by atoms with van der Waals surface area (Å²) in [6.07, 6.45) is -3.54. The number of amides is 1. The van der Waals surface area contributed by atoms with Crippen molar-refractivity contribution in [3.05, 3.63) is 35.9 Å². The summed E-state index contributed by atoms with van der Waals surface area (Å²) < 4.78 is 28.9. The molecule has 1 atom stereocenters. The second-order valence-corrected chi connectivity index (χ2v) is 4.05. The van der Waals surface area contributed by atoms with Gasteiger partial charge in [-0.25, -0.2) is 13.6 Å². The number of halogens is 2. The summed E-state index contributed by atoms with van der Waals surface area (Å²) in [4.78, 5) is 11.4. The molecule has 0 aliphatic heterocycles.